The van der Waals surface area contributed by atoms with Gasteiger partial charge in [-0.05, 0) is 48.7 Å². The first-order valence-electron chi connectivity index (χ1n) is 9.25. The molecular formula is C23H17FN2O2. The molecule has 28 heavy (non-hydrogen) atoms. The zero-order chi connectivity index (χ0) is 19.1. The van der Waals surface area contributed by atoms with Gasteiger partial charge in [-0.1, -0.05) is 30.3 Å². The Morgan fingerprint density at radius 3 is 2.82 bits per heavy atom. The molecule has 0 bridgehead atoms. The number of pyridine rings is 1. The third-order valence-electron chi connectivity index (χ3n) is 5.13. The number of hydrogen-bond acceptors (Lipinski definition) is 3. The second-order valence-electron chi connectivity index (χ2n) is 6.86. The van der Waals surface area contributed by atoms with Gasteiger partial charge in [0.25, 0.3) is 5.91 Å². The van der Waals surface area contributed by atoms with Crippen LogP contribution in [0.4, 0.5) is 10.1 Å². The number of fused-ring (bicyclic) bond motifs is 2. The van der Waals surface area contributed by atoms with Crippen LogP contribution in [0.3, 0.4) is 0 Å². The number of para-hydroxylation sites is 2. The van der Waals surface area contributed by atoms with Gasteiger partial charge in [-0.2, -0.15) is 0 Å². The molecule has 5 rings (SSSR count). The van der Waals surface area contributed by atoms with Crippen molar-refractivity contribution in [2.75, 3.05) is 11.4 Å². The minimum absolute atomic E-state index is 0.225. The summed E-state index contributed by atoms with van der Waals surface area (Å²) in [6, 6.07) is 17.8. The molecule has 1 amide bonds. The molecule has 4 aromatic rings. The smallest absolute Gasteiger partial charge is 0.259 e. The zero-order valence-corrected chi connectivity index (χ0v) is 15.1. The van der Waals surface area contributed by atoms with E-state index in [4.69, 9.17) is 4.42 Å². The predicted molar refractivity (Wildman–Crippen MR) is 106 cm³/mol. The molecule has 2 aromatic heterocycles. The van der Waals surface area contributed by atoms with Crippen LogP contribution in [0.2, 0.25) is 0 Å². The van der Waals surface area contributed by atoms with Crippen LogP contribution in [0.15, 0.2) is 71.3 Å². The SMILES string of the molecule is O=C(c1cc(-c2ccco2)nc2ccccc12)N1CCCc2cccc(F)c21. The zero-order valence-electron chi connectivity index (χ0n) is 15.1. The summed E-state index contributed by atoms with van der Waals surface area (Å²) in [5, 5.41) is 0.742. The Bertz CT molecular complexity index is 1180. The van der Waals surface area contributed by atoms with Crippen molar-refractivity contribution in [2.45, 2.75) is 12.8 Å². The average Bonchev–Trinajstić information content (AvgIpc) is 3.27. The van der Waals surface area contributed by atoms with E-state index < -0.39 is 0 Å². The van der Waals surface area contributed by atoms with Gasteiger partial charge in [-0.25, -0.2) is 9.37 Å². The van der Waals surface area contributed by atoms with Gasteiger partial charge in [0.2, 0.25) is 0 Å². The van der Waals surface area contributed by atoms with Crippen LogP contribution >= 0.6 is 0 Å². The van der Waals surface area contributed by atoms with E-state index in [1.165, 1.54) is 6.07 Å². The van der Waals surface area contributed by atoms with Crippen molar-refractivity contribution in [3.05, 3.63) is 83.9 Å². The van der Waals surface area contributed by atoms with E-state index in [1.54, 1.807) is 35.4 Å². The molecule has 1 aliphatic heterocycles. The number of carbonyl (C=O) groups excluding carboxylic acids is 1. The third kappa shape index (κ3) is 2.67. The number of anilines is 1. The highest BCUT2D eigenvalue weighted by Crippen LogP contribution is 2.33. The summed E-state index contributed by atoms with van der Waals surface area (Å²) in [4.78, 5) is 19.7. The van der Waals surface area contributed by atoms with E-state index in [-0.39, 0.29) is 11.7 Å². The quantitative estimate of drug-likeness (QED) is 0.484. The maximum absolute atomic E-state index is 14.6. The molecule has 0 aliphatic carbocycles. The minimum atomic E-state index is -0.366. The van der Waals surface area contributed by atoms with Gasteiger partial charge in [0, 0.05) is 11.9 Å². The first kappa shape index (κ1) is 16.7. The number of rotatable bonds is 2. The topological polar surface area (TPSA) is 46.3 Å². The largest absolute Gasteiger partial charge is 0.463 e. The Kier molecular flexibility index (Phi) is 3.93. The second kappa shape index (κ2) is 6.60. The molecule has 0 unspecified atom stereocenters. The lowest BCUT2D eigenvalue weighted by Gasteiger charge is -2.30. The highest BCUT2D eigenvalue weighted by Gasteiger charge is 2.28. The monoisotopic (exact) mass is 372 g/mol. The first-order valence-corrected chi connectivity index (χ1v) is 9.25. The van der Waals surface area contributed by atoms with Gasteiger partial charge in [0.15, 0.2) is 5.76 Å². The van der Waals surface area contributed by atoms with Gasteiger partial charge in [0.05, 0.1) is 23.0 Å². The molecule has 3 heterocycles. The lowest BCUT2D eigenvalue weighted by Crippen LogP contribution is -2.36. The van der Waals surface area contributed by atoms with Crippen molar-refractivity contribution < 1.29 is 13.6 Å². The summed E-state index contributed by atoms with van der Waals surface area (Å²) in [6.07, 6.45) is 3.14. The molecule has 1 aliphatic rings. The molecule has 0 fully saturated rings. The Labute approximate surface area is 161 Å². The van der Waals surface area contributed by atoms with Crippen molar-refractivity contribution >= 4 is 22.5 Å². The summed E-state index contributed by atoms with van der Waals surface area (Å²) >= 11 is 0. The number of halogens is 1. The standard InChI is InChI=1S/C23H17FN2O2/c24-18-9-3-6-15-7-4-12-26(22(15)18)23(27)17-14-20(21-11-5-13-28-21)25-19-10-2-1-8-16(17)19/h1-3,5-6,8-11,13-14H,4,7,12H2. The summed E-state index contributed by atoms with van der Waals surface area (Å²) < 4.78 is 20.1. The van der Waals surface area contributed by atoms with E-state index in [2.05, 4.69) is 4.98 Å². The number of hydrogen-bond donors (Lipinski definition) is 0. The van der Waals surface area contributed by atoms with Gasteiger partial charge in [0.1, 0.15) is 11.5 Å². The summed E-state index contributed by atoms with van der Waals surface area (Å²) in [5.74, 6) is -0.00217. The fourth-order valence-electron chi connectivity index (χ4n) is 3.85. The van der Waals surface area contributed by atoms with Gasteiger partial charge < -0.3 is 9.32 Å². The Hall–Kier alpha value is -3.47. The van der Waals surface area contributed by atoms with Crippen molar-refractivity contribution in [3.63, 3.8) is 0 Å². The van der Waals surface area contributed by atoms with Crippen LogP contribution in [0.5, 0.6) is 0 Å². The van der Waals surface area contributed by atoms with E-state index in [1.807, 2.05) is 30.3 Å². The van der Waals surface area contributed by atoms with Crippen LogP contribution in [0, 0.1) is 5.82 Å². The number of furan rings is 1. The van der Waals surface area contributed by atoms with Gasteiger partial charge in [-0.3, -0.25) is 4.79 Å². The van der Waals surface area contributed by atoms with Crippen molar-refractivity contribution in [1.82, 2.24) is 4.98 Å². The number of nitrogens with zero attached hydrogens (tertiary/aromatic N) is 2. The Balaban J connectivity index is 1.69. The molecule has 138 valence electrons. The summed E-state index contributed by atoms with van der Waals surface area (Å²) in [5.41, 5.74) is 3.03. The number of carbonyl (C=O) groups is 1. The van der Waals surface area contributed by atoms with Crippen LogP contribution < -0.4 is 4.90 Å². The highest BCUT2D eigenvalue weighted by molar-refractivity contribution is 6.14. The summed E-state index contributed by atoms with van der Waals surface area (Å²) in [7, 11) is 0. The number of aryl methyl sites for hydroxylation is 1. The van der Waals surface area contributed by atoms with Gasteiger partial charge in [-0.15, -0.1) is 0 Å². The van der Waals surface area contributed by atoms with Crippen LogP contribution in [-0.2, 0) is 6.42 Å². The molecule has 0 radical (unpaired) electrons. The van der Waals surface area contributed by atoms with Crippen molar-refractivity contribution in [2.24, 2.45) is 0 Å². The highest BCUT2D eigenvalue weighted by atomic mass is 19.1. The van der Waals surface area contributed by atoms with Gasteiger partial charge >= 0.3 is 0 Å². The molecule has 5 heteroatoms. The summed E-state index contributed by atoms with van der Waals surface area (Å²) in [6.45, 7) is 0.486. The molecule has 0 saturated heterocycles. The number of benzene rings is 2. The molecule has 0 N–H and O–H groups in total. The third-order valence-corrected chi connectivity index (χ3v) is 5.13. The van der Waals surface area contributed by atoms with Crippen LogP contribution in [0.25, 0.3) is 22.4 Å². The second-order valence-corrected chi connectivity index (χ2v) is 6.86. The van der Waals surface area contributed by atoms with E-state index in [9.17, 15) is 9.18 Å². The predicted octanol–water partition coefficient (Wildman–Crippen LogP) is 5.23. The molecule has 4 nitrogen and oxygen atoms in total. The molecule has 0 atom stereocenters. The fraction of sp³-hybridized carbons (Fsp3) is 0.130. The normalized spacial score (nSPS) is 13.5. The maximum Gasteiger partial charge on any atom is 0.259 e. The average molecular weight is 372 g/mol. The first-order chi connectivity index (χ1) is 13.7. The van der Waals surface area contributed by atoms with Crippen LogP contribution in [0.1, 0.15) is 22.3 Å². The van der Waals surface area contributed by atoms with Crippen LogP contribution in [-0.4, -0.2) is 17.4 Å². The number of amides is 1. The van der Waals surface area contributed by atoms with E-state index in [0.29, 0.717) is 34.8 Å². The van der Waals surface area contributed by atoms with E-state index in [0.717, 1.165) is 23.8 Å². The molecular weight excluding hydrogens is 355 g/mol. The van der Waals surface area contributed by atoms with Crippen molar-refractivity contribution in [3.8, 4) is 11.5 Å². The number of aromatic nitrogens is 1. The Morgan fingerprint density at radius 1 is 1.07 bits per heavy atom. The lowest BCUT2D eigenvalue weighted by atomic mass is 9.99. The fourth-order valence-corrected chi connectivity index (χ4v) is 3.85. The molecule has 2 aromatic carbocycles. The lowest BCUT2D eigenvalue weighted by molar-refractivity contribution is 0.0985. The minimum Gasteiger partial charge on any atom is -0.463 e. The van der Waals surface area contributed by atoms with Crippen molar-refractivity contribution in [1.29, 1.82) is 0 Å². The molecule has 0 saturated carbocycles. The molecule has 0 spiro atoms. The maximum atomic E-state index is 14.6. The Morgan fingerprint density at radius 2 is 1.96 bits per heavy atom. The van der Waals surface area contributed by atoms with E-state index >= 15 is 0 Å².